The number of rotatable bonds is 20. The summed E-state index contributed by atoms with van der Waals surface area (Å²) in [7, 11) is 0. The van der Waals surface area contributed by atoms with Gasteiger partial charge in [-0.05, 0) is 6.42 Å². The highest BCUT2D eigenvalue weighted by molar-refractivity contribution is 5.13. The van der Waals surface area contributed by atoms with E-state index in [9.17, 15) is 56.2 Å². The average molecular weight is 745 g/mol. The molecule has 0 aromatic heterocycles. The number of aliphatic hydroxyl groups excluding tert-OH is 12. The first-order valence-electron chi connectivity index (χ1n) is 17.1. The number of aliphatic hydroxyl groups is 12. The van der Waals surface area contributed by atoms with Crippen LogP contribution in [0.25, 0.3) is 0 Å². The van der Waals surface area contributed by atoms with Gasteiger partial charge in [-0.2, -0.15) is 0 Å². The van der Waals surface area contributed by atoms with Crippen molar-refractivity contribution in [1.82, 2.24) is 9.80 Å². The molecule has 3 rings (SSSR count). The lowest BCUT2D eigenvalue weighted by Crippen LogP contribution is -2.62. The van der Waals surface area contributed by atoms with Crippen LogP contribution in [0.15, 0.2) is 23.0 Å². The van der Waals surface area contributed by atoms with E-state index in [1.165, 1.54) is 6.92 Å². The first-order chi connectivity index (χ1) is 24.3. The molecular formula is C31H56N2O18. The van der Waals surface area contributed by atoms with Crippen molar-refractivity contribution in [1.29, 1.82) is 0 Å². The summed E-state index contributed by atoms with van der Waals surface area (Å²) in [5.74, 6) is -4.18. The highest BCUT2D eigenvalue weighted by atomic mass is 16.7. The molecule has 11 atom stereocenters. The number of nitrogens with zero attached hydrogens (tertiary/aromatic N) is 2. The molecule has 0 spiro atoms. The van der Waals surface area contributed by atoms with E-state index in [1.54, 1.807) is 0 Å². The standard InChI is InChI=1S/C31H56N2O18/c1-2-18(37)24(41)28(51-30(45)26(43)23(40)19(38)3-9-34)20(39)4-10-47-31-27(44)29(25(42)21(16-36)49-31)50-22-14-33(13-17(15-35)48-22)6-5-32-7-11-46-12-8-32/h17-22,25,27,29-31,34-45H,2-16H2,1H3/b26-23-,28-24-. The molecule has 0 aromatic rings. The maximum atomic E-state index is 11.1. The molecule has 11 unspecified atom stereocenters. The van der Waals surface area contributed by atoms with Gasteiger partial charge in [0.1, 0.15) is 42.7 Å². The van der Waals surface area contributed by atoms with Crippen molar-refractivity contribution in [3.05, 3.63) is 23.0 Å². The molecule has 20 nitrogen and oxygen atoms in total. The Morgan fingerprint density at radius 1 is 0.784 bits per heavy atom. The Morgan fingerprint density at radius 2 is 1.47 bits per heavy atom. The van der Waals surface area contributed by atoms with Crippen LogP contribution in [0, 0.1) is 0 Å². The molecule has 0 saturated carbocycles. The van der Waals surface area contributed by atoms with Crippen LogP contribution >= 0.6 is 0 Å². The van der Waals surface area contributed by atoms with Gasteiger partial charge in [0.15, 0.2) is 29.9 Å². The minimum absolute atomic E-state index is 0.0654. The molecule has 3 heterocycles. The predicted molar refractivity (Wildman–Crippen MR) is 172 cm³/mol. The molecule has 0 radical (unpaired) electrons. The van der Waals surface area contributed by atoms with Gasteiger partial charge < -0.3 is 89.7 Å². The minimum Gasteiger partial charge on any atom is -0.506 e. The Morgan fingerprint density at radius 3 is 2.10 bits per heavy atom. The van der Waals surface area contributed by atoms with Gasteiger partial charge in [-0.25, -0.2) is 0 Å². The Kier molecular flexibility index (Phi) is 18.5. The second-order valence-electron chi connectivity index (χ2n) is 12.5. The van der Waals surface area contributed by atoms with Crippen LogP contribution in [0.1, 0.15) is 26.2 Å². The van der Waals surface area contributed by atoms with Crippen molar-refractivity contribution in [2.75, 3.05) is 78.9 Å². The van der Waals surface area contributed by atoms with E-state index >= 15 is 0 Å². The Balaban J connectivity index is 1.65. The van der Waals surface area contributed by atoms with Crippen LogP contribution in [0.3, 0.4) is 0 Å². The molecule has 0 amide bonds. The van der Waals surface area contributed by atoms with Crippen LogP contribution in [-0.2, 0) is 28.4 Å². The fourth-order valence-corrected chi connectivity index (χ4v) is 5.69. The minimum atomic E-state index is -2.44. The van der Waals surface area contributed by atoms with Gasteiger partial charge >= 0.3 is 0 Å². The van der Waals surface area contributed by atoms with Crippen LogP contribution in [0.5, 0.6) is 0 Å². The molecule has 0 aromatic carbocycles. The summed E-state index contributed by atoms with van der Waals surface area (Å²) < 4.78 is 33.5. The summed E-state index contributed by atoms with van der Waals surface area (Å²) in [6.07, 6.45) is -17.5. The molecule has 298 valence electrons. The summed E-state index contributed by atoms with van der Waals surface area (Å²) in [5.41, 5.74) is 0. The van der Waals surface area contributed by atoms with Crippen LogP contribution < -0.4 is 0 Å². The molecule has 3 fully saturated rings. The Hall–Kier alpha value is -1.96. The van der Waals surface area contributed by atoms with Gasteiger partial charge in [-0.1, -0.05) is 6.92 Å². The second kappa shape index (κ2) is 21.7. The van der Waals surface area contributed by atoms with E-state index in [0.29, 0.717) is 26.3 Å². The summed E-state index contributed by atoms with van der Waals surface area (Å²) in [5, 5.41) is 122. The fourth-order valence-electron chi connectivity index (χ4n) is 5.69. The summed E-state index contributed by atoms with van der Waals surface area (Å²) in [6.45, 7) is 4.41. The molecular weight excluding hydrogens is 688 g/mol. The van der Waals surface area contributed by atoms with E-state index in [-0.39, 0.29) is 19.6 Å². The van der Waals surface area contributed by atoms with Gasteiger partial charge in [-0.3, -0.25) is 9.80 Å². The highest BCUT2D eigenvalue weighted by Crippen LogP contribution is 2.28. The van der Waals surface area contributed by atoms with Gasteiger partial charge in [0.2, 0.25) is 5.76 Å². The van der Waals surface area contributed by atoms with Crippen molar-refractivity contribution in [2.24, 2.45) is 0 Å². The molecule has 3 saturated heterocycles. The van der Waals surface area contributed by atoms with Crippen molar-refractivity contribution >= 4 is 0 Å². The largest absolute Gasteiger partial charge is 0.506 e. The predicted octanol–water partition coefficient (Wildman–Crippen LogP) is -4.12. The Bertz CT molecular complexity index is 1080. The SMILES string of the molecule is CCC(O)/C(O)=C(/OC(O)/C(O)=C(/O)C(O)CCO)C(O)CCOC1OC(CO)C(O)C(OC2CN(CCN3CCOCC3)CC(CO)O2)C1O. The van der Waals surface area contributed by atoms with Crippen molar-refractivity contribution in [2.45, 2.75) is 93.9 Å². The zero-order valence-corrected chi connectivity index (χ0v) is 28.7. The van der Waals surface area contributed by atoms with Gasteiger partial charge in [0, 0.05) is 58.7 Å². The number of hydrogen-bond donors (Lipinski definition) is 12. The fraction of sp³-hybridized carbons (Fsp3) is 0.871. The first kappa shape index (κ1) is 43.4. The smallest absolute Gasteiger partial charge is 0.259 e. The third-order valence-electron chi connectivity index (χ3n) is 8.77. The summed E-state index contributed by atoms with van der Waals surface area (Å²) >= 11 is 0. The van der Waals surface area contributed by atoms with E-state index in [2.05, 4.69) is 4.90 Å². The van der Waals surface area contributed by atoms with Gasteiger partial charge in [0.25, 0.3) is 6.29 Å². The zero-order valence-electron chi connectivity index (χ0n) is 28.7. The van der Waals surface area contributed by atoms with Crippen molar-refractivity contribution < 1.29 is 89.7 Å². The molecule has 3 aliphatic heterocycles. The van der Waals surface area contributed by atoms with Gasteiger partial charge in [0.05, 0.1) is 39.1 Å². The zero-order chi connectivity index (χ0) is 37.7. The first-order valence-corrected chi connectivity index (χ1v) is 17.1. The normalized spacial score (nSPS) is 31.7. The Labute approximate surface area is 295 Å². The quantitative estimate of drug-likeness (QED) is 0.0416. The van der Waals surface area contributed by atoms with Gasteiger partial charge in [-0.15, -0.1) is 0 Å². The maximum absolute atomic E-state index is 11.1. The van der Waals surface area contributed by atoms with E-state index in [0.717, 1.165) is 19.6 Å². The molecule has 51 heavy (non-hydrogen) atoms. The highest BCUT2D eigenvalue weighted by Gasteiger charge is 2.47. The number of hydrogen-bond acceptors (Lipinski definition) is 20. The van der Waals surface area contributed by atoms with E-state index in [1.807, 2.05) is 4.90 Å². The van der Waals surface area contributed by atoms with Crippen LogP contribution in [0.2, 0.25) is 0 Å². The van der Waals surface area contributed by atoms with E-state index in [4.69, 9.17) is 33.5 Å². The lowest BCUT2D eigenvalue weighted by molar-refractivity contribution is -0.337. The lowest BCUT2D eigenvalue weighted by Gasteiger charge is -2.45. The number of morpholine rings is 2. The van der Waals surface area contributed by atoms with E-state index < -0.39 is 123 Å². The molecule has 0 bridgehead atoms. The monoisotopic (exact) mass is 744 g/mol. The molecule has 3 aliphatic rings. The van der Waals surface area contributed by atoms with Crippen molar-refractivity contribution in [3.63, 3.8) is 0 Å². The number of ether oxygens (including phenoxy) is 6. The summed E-state index contributed by atoms with van der Waals surface area (Å²) in [4.78, 5) is 4.28. The van der Waals surface area contributed by atoms with Crippen LogP contribution in [0.4, 0.5) is 0 Å². The van der Waals surface area contributed by atoms with Crippen LogP contribution in [-0.4, -0.2) is 218 Å². The summed E-state index contributed by atoms with van der Waals surface area (Å²) in [6, 6.07) is 0. The molecule has 20 heteroatoms. The topological polar surface area (TPSA) is 305 Å². The second-order valence-corrected chi connectivity index (χ2v) is 12.5. The third kappa shape index (κ3) is 12.6. The third-order valence-corrected chi connectivity index (χ3v) is 8.77. The molecule has 12 N–H and O–H groups in total. The van der Waals surface area contributed by atoms with Crippen molar-refractivity contribution in [3.8, 4) is 0 Å². The maximum Gasteiger partial charge on any atom is 0.259 e. The lowest BCUT2D eigenvalue weighted by atomic mass is 9.99. The average Bonchev–Trinajstić information content (AvgIpc) is 3.14. The molecule has 0 aliphatic carbocycles.